The predicted molar refractivity (Wildman–Crippen MR) is 103 cm³/mol. The van der Waals surface area contributed by atoms with Gasteiger partial charge >= 0.3 is 0 Å². The van der Waals surface area contributed by atoms with Crippen molar-refractivity contribution >= 4 is 0 Å². The van der Waals surface area contributed by atoms with Crippen LogP contribution in [0.15, 0.2) is 42.5 Å². The summed E-state index contributed by atoms with van der Waals surface area (Å²) < 4.78 is 11.1. The molecule has 0 atom stereocenters. The van der Waals surface area contributed by atoms with Crippen LogP contribution in [0.1, 0.15) is 23.1 Å². The Kier molecular flexibility index (Phi) is 7.76. The van der Waals surface area contributed by atoms with Gasteiger partial charge in [0.2, 0.25) is 0 Å². The van der Waals surface area contributed by atoms with Crippen LogP contribution < -0.4 is 14.8 Å². The van der Waals surface area contributed by atoms with E-state index in [1.54, 1.807) is 7.11 Å². The Labute approximate surface area is 151 Å². The van der Waals surface area contributed by atoms with E-state index in [1.807, 2.05) is 12.1 Å². The molecule has 0 unspecified atom stereocenters. The molecule has 0 aromatic heterocycles. The molecule has 2 rings (SSSR count). The van der Waals surface area contributed by atoms with E-state index in [9.17, 15) is 0 Å². The molecule has 1 N–H and O–H groups in total. The smallest absolute Gasteiger partial charge is 0.122 e. The van der Waals surface area contributed by atoms with Gasteiger partial charge in [0.05, 0.1) is 13.7 Å². The molecule has 2 aromatic rings. The van der Waals surface area contributed by atoms with Gasteiger partial charge in [0.25, 0.3) is 0 Å². The van der Waals surface area contributed by atoms with Crippen molar-refractivity contribution in [3.8, 4) is 11.5 Å². The van der Waals surface area contributed by atoms with Crippen molar-refractivity contribution in [1.29, 1.82) is 0 Å². The Morgan fingerprint density at radius 2 is 1.64 bits per heavy atom. The Hall–Kier alpha value is -2.04. The van der Waals surface area contributed by atoms with Crippen molar-refractivity contribution in [2.24, 2.45) is 0 Å². The zero-order chi connectivity index (χ0) is 18.1. The van der Waals surface area contributed by atoms with Crippen molar-refractivity contribution in [1.82, 2.24) is 10.2 Å². The maximum Gasteiger partial charge on any atom is 0.122 e. The van der Waals surface area contributed by atoms with Gasteiger partial charge in [0.15, 0.2) is 0 Å². The van der Waals surface area contributed by atoms with Gasteiger partial charge in [-0.1, -0.05) is 24.3 Å². The van der Waals surface area contributed by atoms with E-state index in [2.05, 4.69) is 61.6 Å². The highest BCUT2D eigenvalue weighted by Crippen LogP contribution is 2.19. The van der Waals surface area contributed by atoms with Gasteiger partial charge in [0, 0.05) is 19.6 Å². The van der Waals surface area contributed by atoms with Gasteiger partial charge in [-0.15, -0.1) is 0 Å². The first-order valence-corrected chi connectivity index (χ1v) is 8.79. The monoisotopic (exact) mass is 342 g/mol. The Morgan fingerprint density at radius 1 is 0.960 bits per heavy atom. The minimum atomic E-state index is 0.755. The van der Waals surface area contributed by atoms with Crippen LogP contribution in [0.3, 0.4) is 0 Å². The van der Waals surface area contributed by atoms with Crippen molar-refractivity contribution in [3.05, 3.63) is 59.2 Å². The molecule has 0 aliphatic heterocycles. The average molecular weight is 342 g/mol. The predicted octanol–water partition coefficient (Wildman–Crippen LogP) is 3.62. The zero-order valence-corrected chi connectivity index (χ0v) is 15.8. The van der Waals surface area contributed by atoms with E-state index in [-0.39, 0.29) is 0 Å². The van der Waals surface area contributed by atoms with Crippen molar-refractivity contribution in [2.75, 3.05) is 34.4 Å². The van der Waals surface area contributed by atoms with E-state index in [0.717, 1.165) is 49.7 Å². The second kappa shape index (κ2) is 10.1. The van der Waals surface area contributed by atoms with Gasteiger partial charge < -0.3 is 19.7 Å². The number of nitrogens with zero attached hydrogens (tertiary/aromatic N) is 1. The van der Waals surface area contributed by atoms with Gasteiger partial charge in [-0.05, 0) is 62.3 Å². The SMILES string of the molecule is COc1cc(CNCc2ccc(OCCCN(C)C)cc2)ccc1C. The largest absolute Gasteiger partial charge is 0.496 e. The highest BCUT2D eigenvalue weighted by atomic mass is 16.5. The molecule has 4 nitrogen and oxygen atoms in total. The Bertz CT molecular complexity index is 639. The molecule has 0 saturated carbocycles. The third-order valence-corrected chi connectivity index (χ3v) is 4.07. The molecule has 25 heavy (non-hydrogen) atoms. The van der Waals surface area contributed by atoms with E-state index in [0.29, 0.717) is 0 Å². The standard InChI is InChI=1S/C21H30N2O2/c1-17-6-7-19(14-21(17)24-4)16-22-15-18-8-10-20(11-9-18)25-13-5-12-23(2)3/h6-11,14,22H,5,12-13,15-16H2,1-4H3. The average Bonchev–Trinajstić information content (AvgIpc) is 2.61. The third-order valence-electron chi connectivity index (χ3n) is 4.07. The topological polar surface area (TPSA) is 33.7 Å². The molecule has 0 radical (unpaired) electrons. The van der Waals surface area contributed by atoms with Crippen LogP contribution in [0.25, 0.3) is 0 Å². The van der Waals surface area contributed by atoms with E-state index < -0.39 is 0 Å². The molecule has 0 saturated heterocycles. The normalized spacial score (nSPS) is 10.9. The molecule has 2 aromatic carbocycles. The van der Waals surface area contributed by atoms with Crippen molar-refractivity contribution in [3.63, 3.8) is 0 Å². The number of methoxy groups -OCH3 is 1. The quantitative estimate of drug-likeness (QED) is 0.669. The van der Waals surface area contributed by atoms with Gasteiger partial charge in [-0.2, -0.15) is 0 Å². The van der Waals surface area contributed by atoms with Crippen LogP contribution in [0, 0.1) is 6.92 Å². The highest BCUT2D eigenvalue weighted by Gasteiger charge is 2.01. The van der Waals surface area contributed by atoms with Gasteiger partial charge in [-0.3, -0.25) is 0 Å². The molecule has 0 amide bonds. The summed E-state index contributed by atoms with van der Waals surface area (Å²) in [5.41, 5.74) is 3.63. The van der Waals surface area contributed by atoms with Crippen LogP contribution in [0.5, 0.6) is 11.5 Å². The summed E-state index contributed by atoms with van der Waals surface area (Å²) in [5.74, 6) is 1.88. The molecule has 0 aliphatic carbocycles. The molecule has 4 heteroatoms. The Morgan fingerprint density at radius 3 is 2.32 bits per heavy atom. The summed E-state index contributed by atoms with van der Waals surface area (Å²) in [5, 5.41) is 3.47. The van der Waals surface area contributed by atoms with E-state index in [4.69, 9.17) is 9.47 Å². The summed E-state index contributed by atoms with van der Waals surface area (Å²) in [6, 6.07) is 14.6. The summed E-state index contributed by atoms with van der Waals surface area (Å²) in [7, 11) is 5.87. The molecule has 0 spiro atoms. The Balaban J connectivity index is 1.74. The molecule has 0 aliphatic rings. The maximum atomic E-state index is 5.76. The van der Waals surface area contributed by atoms with Crippen LogP contribution in [-0.2, 0) is 13.1 Å². The number of aryl methyl sites for hydroxylation is 1. The van der Waals surface area contributed by atoms with Crippen molar-refractivity contribution < 1.29 is 9.47 Å². The lowest BCUT2D eigenvalue weighted by Gasteiger charge is -2.11. The van der Waals surface area contributed by atoms with Crippen LogP contribution >= 0.6 is 0 Å². The summed E-state index contributed by atoms with van der Waals surface area (Å²) in [6.45, 7) is 5.51. The molecule has 0 heterocycles. The number of rotatable bonds is 10. The molecular formula is C21H30N2O2. The first-order valence-electron chi connectivity index (χ1n) is 8.79. The first kappa shape index (κ1) is 19.3. The third kappa shape index (κ3) is 6.77. The fraction of sp³-hybridized carbons (Fsp3) is 0.429. The lowest BCUT2D eigenvalue weighted by molar-refractivity contribution is 0.281. The van der Waals surface area contributed by atoms with Crippen LogP contribution in [0.4, 0.5) is 0 Å². The number of hydrogen-bond donors (Lipinski definition) is 1. The van der Waals surface area contributed by atoms with Crippen LogP contribution in [-0.4, -0.2) is 39.3 Å². The first-order chi connectivity index (χ1) is 12.1. The summed E-state index contributed by atoms with van der Waals surface area (Å²) in [4.78, 5) is 2.17. The lowest BCUT2D eigenvalue weighted by Crippen LogP contribution is -2.15. The molecular weight excluding hydrogens is 312 g/mol. The molecule has 0 bridgehead atoms. The summed E-state index contributed by atoms with van der Waals surface area (Å²) >= 11 is 0. The number of benzene rings is 2. The number of ether oxygens (including phenoxy) is 2. The van der Waals surface area contributed by atoms with E-state index in [1.165, 1.54) is 11.1 Å². The fourth-order valence-corrected chi connectivity index (χ4v) is 2.60. The second-order valence-corrected chi connectivity index (χ2v) is 6.56. The van der Waals surface area contributed by atoms with Crippen LogP contribution in [0.2, 0.25) is 0 Å². The fourth-order valence-electron chi connectivity index (χ4n) is 2.60. The van der Waals surface area contributed by atoms with Gasteiger partial charge in [-0.25, -0.2) is 0 Å². The van der Waals surface area contributed by atoms with E-state index >= 15 is 0 Å². The molecule has 136 valence electrons. The number of nitrogens with one attached hydrogen (secondary N) is 1. The minimum Gasteiger partial charge on any atom is -0.496 e. The zero-order valence-electron chi connectivity index (χ0n) is 15.8. The number of hydrogen-bond acceptors (Lipinski definition) is 4. The van der Waals surface area contributed by atoms with Crippen molar-refractivity contribution in [2.45, 2.75) is 26.4 Å². The van der Waals surface area contributed by atoms with Gasteiger partial charge in [0.1, 0.15) is 11.5 Å². The minimum absolute atomic E-state index is 0.755. The highest BCUT2D eigenvalue weighted by molar-refractivity contribution is 5.36. The summed E-state index contributed by atoms with van der Waals surface area (Å²) in [6.07, 6.45) is 1.04. The lowest BCUT2D eigenvalue weighted by atomic mass is 10.1. The maximum absolute atomic E-state index is 5.76. The molecule has 0 fully saturated rings. The second-order valence-electron chi connectivity index (χ2n) is 6.56.